The maximum atomic E-state index is 11.1. The summed E-state index contributed by atoms with van der Waals surface area (Å²) in [6.45, 7) is 12.2. The SMILES string of the molecule is CC(C)(C)c1cc(CCC(N)=O)cc(C(C)(C)C)c1OP(O)O. The first-order chi connectivity index (χ1) is 10.3. The molecule has 6 heteroatoms. The predicted octanol–water partition coefficient (Wildman–Crippen LogP) is 3.29. The first-order valence-electron chi connectivity index (χ1n) is 7.64. The number of rotatable bonds is 5. The van der Waals surface area contributed by atoms with Crippen LogP contribution in [0.3, 0.4) is 0 Å². The Morgan fingerprint density at radius 2 is 1.52 bits per heavy atom. The second-order valence-electron chi connectivity index (χ2n) is 7.83. The van der Waals surface area contributed by atoms with E-state index in [4.69, 9.17) is 10.3 Å². The molecule has 1 rings (SSSR count). The number of hydrogen-bond donors (Lipinski definition) is 3. The van der Waals surface area contributed by atoms with E-state index < -0.39 is 8.60 Å². The van der Waals surface area contributed by atoms with Gasteiger partial charge in [0.25, 0.3) is 0 Å². The Kier molecular flexibility index (Phi) is 6.19. The summed E-state index contributed by atoms with van der Waals surface area (Å²) < 4.78 is 5.39. The smallest absolute Gasteiger partial charge is 0.391 e. The normalized spacial score (nSPS) is 12.6. The number of primary amides is 1. The quantitative estimate of drug-likeness (QED) is 0.717. The minimum absolute atomic E-state index is 0.247. The molecule has 0 aromatic heterocycles. The van der Waals surface area contributed by atoms with Gasteiger partial charge in [-0.15, -0.1) is 0 Å². The predicted molar refractivity (Wildman–Crippen MR) is 93.3 cm³/mol. The van der Waals surface area contributed by atoms with Crippen molar-refractivity contribution in [2.75, 3.05) is 0 Å². The summed E-state index contributed by atoms with van der Waals surface area (Å²) in [5.74, 6) is 0.179. The minimum atomic E-state index is -2.51. The number of carbonyl (C=O) groups is 1. The molecule has 0 aliphatic heterocycles. The third-order valence-corrected chi connectivity index (χ3v) is 3.94. The van der Waals surface area contributed by atoms with Gasteiger partial charge in [-0.25, -0.2) is 0 Å². The fourth-order valence-electron chi connectivity index (χ4n) is 2.39. The van der Waals surface area contributed by atoms with E-state index in [0.717, 1.165) is 16.7 Å². The van der Waals surface area contributed by atoms with E-state index in [-0.39, 0.29) is 23.2 Å². The van der Waals surface area contributed by atoms with Crippen molar-refractivity contribution in [1.29, 1.82) is 0 Å². The molecular formula is C17H28NO4P. The average Bonchev–Trinajstić information content (AvgIpc) is 2.33. The zero-order valence-electron chi connectivity index (χ0n) is 14.8. The van der Waals surface area contributed by atoms with Crippen LogP contribution in [-0.2, 0) is 22.0 Å². The Bertz CT molecular complexity index is 536. The molecule has 0 fully saturated rings. The van der Waals surface area contributed by atoms with Gasteiger partial charge in [0.05, 0.1) is 0 Å². The van der Waals surface area contributed by atoms with Gasteiger partial charge >= 0.3 is 8.60 Å². The van der Waals surface area contributed by atoms with Gasteiger partial charge in [0.15, 0.2) is 0 Å². The van der Waals surface area contributed by atoms with Crippen LogP contribution in [0.5, 0.6) is 5.75 Å². The molecule has 5 nitrogen and oxygen atoms in total. The summed E-state index contributed by atoms with van der Waals surface area (Å²) in [7, 11) is -2.51. The number of aryl methyl sites for hydroxylation is 1. The van der Waals surface area contributed by atoms with Crippen molar-refractivity contribution in [3.63, 3.8) is 0 Å². The largest absolute Gasteiger partial charge is 0.426 e. The van der Waals surface area contributed by atoms with Crippen LogP contribution in [0, 0.1) is 0 Å². The van der Waals surface area contributed by atoms with E-state index in [0.29, 0.717) is 12.2 Å². The highest BCUT2D eigenvalue weighted by Crippen LogP contribution is 2.44. The van der Waals surface area contributed by atoms with E-state index in [1.807, 2.05) is 53.7 Å². The van der Waals surface area contributed by atoms with Gasteiger partial charge in [-0.2, -0.15) is 0 Å². The average molecular weight is 341 g/mol. The van der Waals surface area contributed by atoms with Gasteiger partial charge in [-0.3, -0.25) is 4.79 Å². The van der Waals surface area contributed by atoms with Gasteiger partial charge in [0.1, 0.15) is 5.75 Å². The van der Waals surface area contributed by atoms with Crippen molar-refractivity contribution in [3.8, 4) is 5.75 Å². The van der Waals surface area contributed by atoms with Crippen LogP contribution in [0.15, 0.2) is 12.1 Å². The fourth-order valence-corrected chi connectivity index (χ4v) is 2.75. The van der Waals surface area contributed by atoms with Crippen molar-refractivity contribution in [2.24, 2.45) is 5.73 Å². The van der Waals surface area contributed by atoms with Gasteiger partial charge in [-0.05, 0) is 22.8 Å². The zero-order valence-corrected chi connectivity index (χ0v) is 15.7. The molecule has 0 heterocycles. The lowest BCUT2D eigenvalue weighted by atomic mass is 9.78. The van der Waals surface area contributed by atoms with E-state index in [9.17, 15) is 14.6 Å². The Labute approximate surface area is 139 Å². The maximum Gasteiger partial charge on any atom is 0.391 e. The second kappa shape index (κ2) is 7.16. The molecule has 1 aromatic carbocycles. The summed E-state index contributed by atoms with van der Waals surface area (Å²) in [4.78, 5) is 29.8. The Morgan fingerprint density at radius 3 is 1.83 bits per heavy atom. The fraction of sp³-hybridized carbons (Fsp3) is 0.588. The Balaban J connectivity index is 3.54. The maximum absolute atomic E-state index is 11.1. The number of hydrogen-bond acceptors (Lipinski definition) is 4. The molecule has 23 heavy (non-hydrogen) atoms. The lowest BCUT2D eigenvalue weighted by molar-refractivity contribution is -0.117. The first-order valence-corrected chi connectivity index (χ1v) is 8.81. The molecule has 0 aliphatic carbocycles. The molecule has 0 radical (unpaired) electrons. The molecule has 1 amide bonds. The van der Waals surface area contributed by atoms with Gasteiger partial charge in [-0.1, -0.05) is 53.7 Å². The van der Waals surface area contributed by atoms with Crippen LogP contribution in [0.1, 0.15) is 64.7 Å². The van der Waals surface area contributed by atoms with E-state index in [2.05, 4.69) is 0 Å². The molecule has 4 N–H and O–H groups in total. The summed E-state index contributed by atoms with van der Waals surface area (Å²) in [5.41, 5.74) is 7.53. The van der Waals surface area contributed by atoms with Crippen LogP contribution < -0.4 is 10.3 Å². The highest BCUT2D eigenvalue weighted by Gasteiger charge is 2.29. The van der Waals surface area contributed by atoms with E-state index >= 15 is 0 Å². The summed E-state index contributed by atoms with van der Waals surface area (Å²) in [5, 5.41) is 0. The van der Waals surface area contributed by atoms with E-state index in [1.165, 1.54) is 0 Å². The third-order valence-electron chi connectivity index (χ3n) is 3.60. The monoisotopic (exact) mass is 341 g/mol. The zero-order chi connectivity index (χ0) is 18.0. The lowest BCUT2D eigenvalue weighted by Crippen LogP contribution is -2.20. The molecule has 0 spiro atoms. The highest BCUT2D eigenvalue weighted by atomic mass is 31.2. The number of amides is 1. The highest BCUT2D eigenvalue weighted by molar-refractivity contribution is 7.39. The minimum Gasteiger partial charge on any atom is -0.426 e. The Morgan fingerprint density at radius 1 is 1.09 bits per heavy atom. The lowest BCUT2D eigenvalue weighted by Gasteiger charge is -2.30. The van der Waals surface area contributed by atoms with Crippen LogP contribution in [0.4, 0.5) is 0 Å². The van der Waals surface area contributed by atoms with Crippen molar-refractivity contribution in [2.45, 2.75) is 65.2 Å². The number of carbonyl (C=O) groups excluding carboxylic acids is 1. The molecule has 0 saturated heterocycles. The van der Waals surface area contributed by atoms with Crippen LogP contribution in [0.25, 0.3) is 0 Å². The molecule has 0 atom stereocenters. The van der Waals surface area contributed by atoms with Crippen LogP contribution in [0.2, 0.25) is 0 Å². The standard InChI is InChI=1S/C17H28NO4P/c1-16(2,3)12-9-11(7-8-14(18)19)10-13(17(4,5)6)15(12)22-23(20)21/h9-10,20-21H,7-8H2,1-6H3,(H2,18,19). The Hall–Kier alpha value is -1.16. The molecule has 0 saturated carbocycles. The summed E-state index contributed by atoms with van der Waals surface area (Å²) >= 11 is 0. The molecule has 0 unspecified atom stereocenters. The van der Waals surface area contributed by atoms with Gasteiger partial charge < -0.3 is 20.0 Å². The number of nitrogens with two attached hydrogens (primary N) is 1. The number of benzene rings is 1. The first kappa shape index (κ1) is 19.9. The third kappa shape index (κ3) is 5.76. The van der Waals surface area contributed by atoms with Gasteiger partial charge in [0.2, 0.25) is 5.91 Å². The second-order valence-corrected chi connectivity index (χ2v) is 8.52. The van der Waals surface area contributed by atoms with Crippen molar-refractivity contribution in [1.82, 2.24) is 0 Å². The van der Waals surface area contributed by atoms with Crippen molar-refractivity contribution >= 4 is 14.5 Å². The van der Waals surface area contributed by atoms with Crippen LogP contribution in [-0.4, -0.2) is 15.7 Å². The van der Waals surface area contributed by atoms with E-state index in [1.54, 1.807) is 0 Å². The van der Waals surface area contributed by atoms with Crippen LogP contribution >= 0.6 is 8.60 Å². The van der Waals surface area contributed by atoms with Crippen molar-refractivity contribution in [3.05, 3.63) is 28.8 Å². The topological polar surface area (TPSA) is 92.8 Å². The molecule has 0 bridgehead atoms. The van der Waals surface area contributed by atoms with Gasteiger partial charge in [0, 0.05) is 17.5 Å². The summed E-state index contributed by atoms with van der Waals surface area (Å²) in [6.07, 6.45) is 0.828. The molecule has 0 aliphatic rings. The molecular weight excluding hydrogens is 313 g/mol. The van der Waals surface area contributed by atoms with Crippen molar-refractivity contribution < 1.29 is 19.1 Å². The summed E-state index contributed by atoms with van der Waals surface area (Å²) in [6, 6.07) is 3.93. The molecule has 130 valence electrons. The molecule has 1 aromatic rings.